The van der Waals surface area contributed by atoms with Crippen LogP contribution in [-0.4, -0.2) is 23.0 Å². The number of carbonyl (C=O) groups is 1. The molecule has 0 aliphatic rings. The number of anilines is 1. The largest absolute Gasteiger partial charge is 0.508 e. The summed E-state index contributed by atoms with van der Waals surface area (Å²) in [6.07, 6.45) is 0.525. The number of thiocarbonyl (C=S) groups is 1. The van der Waals surface area contributed by atoms with E-state index in [1.165, 1.54) is 4.90 Å². The Kier molecular flexibility index (Phi) is 4.55. The predicted molar refractivity (Wildman–Crippen MR) is 87.8 cm³/mol. The summed E-state index contributed by atoms with van der Waals surface area (Å²) in [5.41, 5.74) is 7.77. The van der Waals surface area contributed by atoms with Gasteiger partial charge < -0.3 is 15.7 Å². The molecule has 2 aromatic carbocycles. The van der Waals surface area contributed by atoms with Crippen LogP contribution in [0.25, 0.3) is 0 Å². The number of phenolic OH excluding ortho intramolecular Hbond substituents is 1. The average molecular weight is 300 g/mol. The summed E-state index contributed by atoms with van der Waals surface area (Å²) in [5.74, 6) is 0.0456. The molecule has 0 radical (unpaired) electrons. The molecule has 108 valence electrons. The lowest BCUT2D eigenvalue weighted by Gasteiger charge is -2.17. The van der Waals surface area contributed by atoms with E-state index < -0.39 is 0 Å². The Balaban J connectivity index is 2.15. The maximum atomic E-state index is 12.4. The number of benzene rings is 2. The maximum Gasteiger partial charge on any atom is 0.258 e. The summed E-state index contributed by atoms with van der Waals surface area (Å²) < 4.78 is 0. The fraction of sp³-hybridized carbons (Fsp3) is 0.125. The lowest BCUT2D eigenvalue weighted by molar-refractivity contribution is 0.0993. The highest BCUT2D eigenvalue weighted by Crippen LogP contribution is 2.19. The van der Waals surface area contributed by atoms with E-state index in [2.05, 4.69) is 0 Å². The molecule has 0 saturated heterocycles. The Morgan fingerprint density at radius 1 is 1.14 bits per heavy atom. The number of hydrogen-bond acceptors (Lipinski definition) is 3. The van der Waals surface area contributed by atoms with Crippen LogP contribution in [-0.2, 0) is 6.42 Å². The smallest absolute Gasteiger partial charge is 0.258 e. The highest BCUT2D eigenvalue weighted by molar-refractivity contribution is 7.80. The van der Waals surface area contributed by atoms with Crippen molar-refractivity contribution in [3.8, 4) is 5.75 Å². The van der Waals surface area contributed by atoms with Crippen LogP contribution in [0.4, 0.5) is 5.69 Å². The first-order valence-corrected chi connectivity index (χ1v) is 6.82. The molecular formula is C16H16N2O2S. The van der Waals surface area contributed by atoms with Gasteiger partial charge in [0.25, 0.3) is 5.91 Å². The van der Waals surface area contributed by atoms with Crippen LogP contribution in [0, 0.1) is 0 Å². The minimum Gasteiger partial charge on any atom is -0.508 e. The average Bonchev–Trinajstić information content (AvgIpc) is 2.47. The van der Waals surface area contributed by atoms with Crippen molar-refractivity contribution in [2.45, 2.75) is 6.42 Å². The topological polar surface area (TPSA) is 66.6 Å². The molecule has 0 aromatic heterocycles. The summed E-state index contributed by atoms with van der Waals surface area (Å²) >= 11 is 4.86. The molecule has 0 bridgehead atoms. The Hall–Kier alpha value is -2.40. The molecule has 0 fully saturated rings. The molecule has 5 heteroatoms. The number of carbonyl (C=O) groups excluding carboxylic acids is 1. The van der Waals surface area contributed by atoms with Crippen LogP contribution < -0.4 is 10.6 Å². The maximum absolute atomic E-state index is 12.4. The van der Waals surface area contributed by atoms with Gasteiger partial charge in [-0.25, -0.2) is 0 Å². The molecule has 1 amide bonds. The fourth-order valence-corrected chi connectivity index (χ4v) is 2.12. The summed E-state index contributed by atoms with van der Waals surface area (Å²) in [6.45, 7) is 0. The van der Waals surface area contributed by atoms with E-state index in [0.717, 1.165) is 5.56 Å². The summed E-state index contributed by atoms with van der Waals surface area (Å²) in [7, 11) is 1.69. The first-order valence-electron chi connectivity index (χ1n) is 6.41. The normalized spacial score (nSPS) is 10.1. The third-order valence-corrected chi connectivity index (χ3v) is 3.27. The predicted octanol–water partition coefficient (Wildman–Crippen LogP) is 2.50. The van der Waals surface area contributed by atoms with Gasteiger partial charge in [-0.2, -0.15) is 0 Å². The quantitative estimate of drug-likeness (QED) is 0.851. The molecule has 3 N–H and O–H groups in total. The Morgan fingerprint density at radius 3 is 2.24 bits per heavy atom. The highest BCUT2D eigenvalue weighted by atomic mass is 32.1. The van der Waals surface area contributed by atoms with Crippen molar-refractivity contribution >= 4 is 28.8 Å². The number of phenols is 1. The van der Waals surface area contributed by atoms with Crippen molar-refractivity contribution in [3.05, 3.63) is 59.7 Å². The van der Waals surface area contributed by atoms with Gasteiger partial charge in [0.05, 0.1) is 4.99 Å². The van der Waals surface area contributed by atoms with Gasteiger partial charge in [0.1, 0.15) is 5.75 Å². The molecule has 0 aliphatic carbocycles. The minimum absolute atomic E-state index is 0.123. The number of nitrogens with two attached hydrogens (primary N) is 1. The molecule has 2 rings (SSSR count). The zero-order chi connectivity index (χ0) is 15.4. The first-order chi connectivity index (χ1) is 9.97. The number of hydrogen-bond donors (Lipinski definition) is 2. The van der Waals surface area contributed by atoms with Gasteiger partial charge in [0.2, 0.25) is 0 Å². The zero-order valence-electron chi connectivity index (χ0n) is 11.6. The molecule has 0 spiro atoms. The molecule has 0 saturated carbocycles. The van der Waals surface area contributed by atoms with Crippen molar-refractivity contribution < 1.29 is 9.90 Å². The van der Waals surface area contributed by atoms with Crippen molar-refractivity contribution in [2.24, 2.45) is 5.73 Å². The van der Waals surface area contributed by atoms with Crippen LogP contribution in [0.5, 0.6) is 5.75 Å². The lowest BCUT2D eigenvalue weighted by Crippen LogP contribution is -2.26. The standard InChI is InChI=1S/C16H16N2O2S/c1-18(13-6-8-14(19)9-7-13)16(20)12-4-2-11(3-5-12)10-15(17)21/h2-9,19H,10H2,1H3,(H2,17,21). The Labute approximate surface area is 128 Å². The van der Waals surface area contributed by atoms with E-state index in [-0.39, 0.29) is 11.7 Å². The molecule has 2 aromatic rings. The Bertz CT molecular complexity index is 651. The van der Waals surface area contributed by atoms with Crippen molar-refractivity contribution in [1.29, 1.82) is 0 Å². The van der Waals surface area contributed by atoms with Crippen molar-refractivity contribution in [1.82, 2.24) is 0 Å². The second-order valence-corrected chi connectivity index (χ2v) is 5.24. The van der Waals surface area contributed by atoms with Gasteiger partial charge in [-0.05, 0) is 42.0 Å². The van der Waals surface area contributed by atoms with Crippen LogP contribution in [0.3, 0.4) is 0 Å². The van der Waals surface area contributed by atoms with E-state index in [4.69, 9.17) is 18.0 Å². The number of amides is 1. The third kappa shape index (κ3) is 3.79. The van der Waals surface area contributed by atoms with Crippen molar-refractivity contribution in [2.75, 3.05) is 11.9 Å². The van der Waals surface area contributed by atoms with Crippen LogP contribution in [0.1, 0.15) is 15.9 Å². The summed E-state index contributed by atoms with van der Waals surface area (Å²) in [6, 6.07) is 13.7. The van der Waals surface area contributed by atoms with E-state index in [1.807, 2.05) is 12.1 Å². The van der Waals surface area contributed by atoms with E-state index in [1.54, 1.807) is 43.4 Å². The number of aromatic hydroxyl groups is 1. The van der Waals surface area contributed by atoms with Gasteiger partial charge in [-0.1, -0.05) is 24.4 Å². The van der Waals surface area contributed by atoms with E-state index >= 15 is 0 Å². The molecule has 4 nitrogen and oxygen atoms in total. The Morgan fingerprint density at radius 2 is 1.71 bits per heavy atom. The highest BCUT2D eigenvalue weighted by Gasteiger charge is 2.13. The van der Waals surface area contributed by atoms with Gasteiger partial charge in [-0.3, -0.25) is 4.79 Å². The zero-order valence-corrected chi connectivity index (χ0v) is 12.4. The van der Waals surface area contributed by atoms with Gasteiger partial charge in [-0.15, -0.1) is 0 Å². The third-order valence-electron chi connectivity index (χ3n) is 3.12. The lowest BCUT2D eigenvalue weighted by atomic mass is 10.1. The second-order valence-electron chi connectivity index (χ2n) is 4.72. The van der Waals surface area contributed by atoms with E-state index in [9.17, 15) is 9.90 Å². The van der Waals surface area contributed by atoms with Crippen LogP contribution in [0.2, 0.25) is 0 Å². The number of rotatable bonds is 4. The van der Waals surface area contributed by atoms with Gasteiger partial charge in [0, 0.05) is 24.7 Å². The molecular weight excluding hydrogens is 284 g/mol. The molecule has 0 aliphatic heterocycles. The molecule has 0 unspecified atom stereocenters. The molecule has 21 heavy (non-hydrogen) atoms. The fourth-order valence-electron chi connectivity index (χ4n) is 1.95. The second kappa shape index (κ2) is 6.37. The van der Waals surface area contributed by atoms with Gasteiger partial charge in [0.15, 0.2) is 0 Å². The van der Waals surface area contributed by atoms with Crippen LogP contribution >= 0.6 is 12.2 Å². The van der Waals surface area contributed by atoms with Gasteiger partial charge >= 0.3 is 0 Å². The monoisotopic (exact) mass is 300 g/mol. The summed E-state index contributed by atoms with van der Waals surface area (Å²) in [4.78, 5) is 14.3. The minimum atomic E-state index is -0.123. The molecule has 0 heterocycles. The summed E-state index contributed by atoms with van der Waals surface area (Å²) in [5, 5.41) is 9.27. The van der Waals surface area contributed by atoms with E-state index in [0.29, 0.717) is 22.7 Å². The van der Waals surface area contributed by atoms with Crippen molar-refractivity contribution in [3.63, 3.8) is 0 Å². The SMILES string of the molecule is CN(C(=O)c1ccc(CC(N)=S)cc1)c1ccc(O)cc1. The molecule has 0 atom stereocenters. The first kappa shape index (κ1) is 15.0. The van der Waals surface area contributed by atoms with Crippen LogP contribution in [0.15, 0.2) is 48.5 Å². The number of nitrogens with zero attached hydrogens (tertiary/aromatic N) is 1.